The number of aromatic nitrogens is 1. The van der Waals surface area contributed by atoms with E-state index in [4.69, 9.17) is 10.5 Å². The van der Waals surface area contributed by atoms with Crippen molar-refractivity contribution in [2.75, 3.05) is 24.7 Å². The highest BCUT2D eigenvalue weighted by atomic mass is 32.2. The van der Waals surface area contributed by atoms with Crippen LogP contribution in [-0.2, 0) is 15.5 Å². The fraction of sp³-hybridized carbons (Fsp3) is 0.500. The third-order valence-electron chi connectivity index (χ3n) is 2.43. The van der Waals surface area contributed by atoms with Crippen molar-refractivity contribution in [1.29, 1.82) is 0 Å². The highest BCUT2D eigenvalue weighted by molar-refractivity contribution is 7.85. The molecule has 2 heterocycles. The quantitative estimate of drug-likeness (QED) is 0.828. The van der Waals surface area contributed by atoms with Crippen molar-refractivity contribution >= 4 is 16.5 Å². The minimum absolute atomic E-state index is 0.382. The van der Waals surface area contributed by atoms with Crippen molar-refractivity contribution in [2.24, 2.45) is 5.92 Å². The number of nitrogen functional groups attached to an aromatic ring is 1. The average Bonchev–Trinajstić information content (AvgIpc) is 2.71. The van der Waals surface area contributed by atoms with Gasteiger partial charge in [-0.3, -0.25) is 4.21 Å². The van der Waals surface area contributed by atoms with E-state index in [9.17, 15) is 4.21 Å². The Labute approximate surface area is 91.3 Å². The lowest BCUT2D eigenvalue weighted by Crippen LogP contribution is -2.13. The normalized spacial score (nSPS) is 22.8. The lowest BCUT2D eigenvalue weighted by atomic mass is 10.2. The fourth-order valence-corrected chi connectivity index (χ4v) is 2.96. The zero-order valence-corrected chi connectivity index (χ0v) is 9.20. The van der Waals surface area contributed by atoms with Crippen molar-refractivity contribution < 1.29 is 8.95 Å². The Balaban J connectivity index is 2.04. The monoisotopic (exact) mass is 226 g/mol. The van der Waals surface area contributed by atoms with Crippen LogP contribution < -0.4 is 5.73 Å². The largest absolute Gasteiger partial charge is 0.396 e. The average molecular weight is 226 g/mol. The number of rotatable bonds is 3. The molecule has 0 spiro atoms. The number of hydrogen-bond donors (Lipinski definition) is 1. The Bertz CT molecular complexity index is 364. The molecule has 0 bridgehead atoms. The second-order valence-corrected chi connectivity index (χ2v) is 5.05. The van der Waals surface area contributed by atoms with Crippen molar-refractivity contribution in [3.05, 3.63) is 18.3 Å². The van der Waals surface area contributed by atoms with Gasteiger partial charge in [-0.25, -0.2) is 4.98 Å². The summed E-state index contributed by atoms with van der Waals surface area (Å²) >= 11 is 0. The molecular formula is C10H14N2O2S. The van der Waals surface area contributed by atoms with Crippen molar-refractivity contribution in [3.63, 3.8) is 0 Å². The third kappa shape index (κ3) is 2.54. The first-order valence-corrected chi connectivity index (χ1v) is 6.26. The summed E-state index contributed by atoms with van der Waals surface area (Å²) in [4.78, 5) is 4.05. The fourth-order valence-electron chi connectivity index (χ4n) is 1.60. The number of nitrogens with two attached hydrogens (primary N) is 1. The molecule has 1 saturated heterocycles. The highest BCUT2D eigenvalue weighted by Crippen LogP contribution is 2.19. The van der Waals surface area contributed by atoms with E-state index in [1.54, 1.807) is 18.3 Å². The zero-order valence-electron chi connectivity index (χ0n) is 8.39. The SMILES string of the molecule is Nc1cccnc1S(=O)CC1CCOC1. The number of nitrogens with zero attached hydrogens (tertiary/aromatic N) is 1. The molecular weight excluding hydrogens is 212 g/mol. The van der Waals surface area contributed by atoms with Gasteiger partial charge in [0.05, 0.1) is 23.1 Å². The second-order valence-electron chi connectivity index (χ2n) is 3.64. The first kappa shape index (κ1) is 10.6. The minimum Gasteiger partial charge on any atom is -0.396 e. The standard InChI is InChI=1S/C10H14N2O2S/c11-9-2-1-4-12-10(9)15(13)7-8-3-5-14-6-8/h1-2,4,8H,3,5-7,11H2. The van der Waals surface area contributed by atoms with E-state index in [0.29, 0.717) is 29.0 Å². The molecule has 0 saturated carbocycles. The summed E-state index contributed by atoms with van der Waals surface area (Å²) in [6.07, 6.45) is 2.60. The summed E-state index contributed by atoms with van der Waals surface area (Å²) < 4.78 is 17.2. The predicted octanol–water partition coefficient (Wildman–Crippen LogP) is 0.808. The molecule has 2 N–H and O–H groups in total. The van der Waals surface area contributed by atoms with Gasteiger partial charge >= 0.3 is 0 Å². The maximum Gasteiger partial charge on any atom is 0.150 e. The first-order chi connectivity index (χ1) is 7.27. The molecule has 82 valence electrons. The molecule has 0 aromatic carbocycles. The molecule has 1 aromatic heterocycles. The van der Waals surface area contributed by atoms with Crippen molar-refractivity contribution in [1.82, 2.24) is 4.98 Å². The van der Waals surface area contributed by atoms with Crippen molar-refractivity contribution in [3.8, 4) is 0 Å². The molecule has 5 heteroatoms. The van der Waals surface area contributed by atoms with Gasteiger partial charge in [-0.1, -0.05) is 0 Å². The maximum absolute atomic E-state index is 11.9. The first-order valence-electron chi connectivity index (χ1n) is 4.94. The lowest BCUT2D eigenvalue weighted by molar-refractivity contribution is 0.189. The van der Waals surface area contributed by atoms with Gasteiger partial charge in [0.1, 0.15) is 5.03 Å². The van der Waals surface area contributed by atoms with Gasteiger partial charge in [0.25, 0.3) is 0 Å². The van der Waals surface area contributed by atoms with Crippen LogP contribution >= 0.6 is 0 Å². The number of pyridine rings is 1. The van der Waals surface area contributed by atoms with Gasteiger partial charge in [-0.05, 0) is 24.5 Å². The predicted molar refractivity (Wildman–Crippen MR) is 58.9 cm³/mol. The molecule has 2 unspecified atom stereocenters. The van der Waals surface area contributed by atoms with Crippen LogP contribution in [0.4, 0.5) is 5.69 Å². The third-order valence-corrected chi connectivity index (χ3v) is 3.97. The minimum atomic E-state index is -1.10. The number of hydrogen-bond acceptors (Lipinski definition) is 4. The molecule has 0 radical (unpaired) electrons. The molecule has 1 aromatic rings. The van der Waals surface area contributed by atoms with E-state index >= 15 is 0 Å². The van der Waals surface area contributed by atoms with E-state index in [0.717, 1.165) is 13.0 Å². The molecule has 2 atom stereocenters. The van der Waals surface area contributed by atoms with Crippen LogP contribution in [0.5, 0.6) is 0 Å². The van der Waals surface area contributed by atoms with E-state index in [1.165, 1.54) is 0 Å². The van der Waals surface area contributed by atoms with Crippen LogP contribution in [-0.4, -0.2) is 28.2 Å². The van der Waals surface area contributed by atoms with E-state index in [1.807, 2.05) is 0 Å². The Kier molecular flexibility index (Phi) is 3.33. The Morgan fingerprint density at radius 3 is 3.20 bits per heavy atom. The van der Waals surface area contributed by atoms with Crippen LogP contribution in [0, 0.1) is 5.92 Å². The van der Waals surface area contributed by atoms with E-state index < -0.39 is 10.8 Å². The maximum atomic E-state index is 11.9. The molecule has 15 heavy (non-hydrogen) atoms. The highest BCUT2D eigenvalue weighted by Gasteiger charge is 2.20. The second kappa shape index (κ2) is 4.72. The summed E-state index contributed by atoms with van der Waals surface area (Å²) in [5.74, 6) is 0.980. The van der Waals surface area contributed by atoms with Crippen LogP contribution in [0.1, 0.15) is 6.42 Å². The van der Waals surface area contributed by atoms with Gasteiger partial charge in [0, 0.05) is 18.6 Å². The molecule has 0 aliphatic carbocycles. The molecule has 4 nitrogen and oxygen atoms in total. The Morgan fingerprint density at radius 1 is 1.67 bits per heavy atom. The van der Waals surface area contributed by atoms with E-state index in [2.05, 4.69) is 4.98 Å². The van der Waals surface area contributed by atoms with Crippen molar-refractivity contribution in [2.45, 2.75) is 11.4 Å². The van der Waals surface area contributed by atoms with Gasteiger partial charge in [-0.15, -0.1) is 0 Å². The van der Waals surface area contributed by atoms with Gasteiger partial charge in [0.15, 0.2) is 0 Å². The summed E-state index contributed by atoms with van der Waals surface area (Å²) in [5.41, 5.74) is 6.22. The van der Waals surface area contributed by atoms with Crippen LogP contribution in [0.15, 0.2) is 23.4 Å². The molecule has 1 fully saturated rings. The van der Waals surface area contributed by atoms with Gasteiger partial charge in [0.2, 0.25) is 0 Å². The van der Waals surface area contributed by atoms with Crippen LogP contribution in [0.3, 0.4) is 0 Å². The lowest BCUT2D eigenvalue weighted by Gasteiger charge is -2.07. The van der Waals surface area contributed by atoms with Gasteiger partial charge < -0.3 is 10.5 Å². The Morgan fingerprint density at radius 2 is 2.53 bits per heavy atom. The smallest absolute Gasteiger partial charge is 0.150 e. The molecule has 1 aliphatic rings. The molecule has 2 rings (SSSR count). The van der Waals surface area contributed by atoms with Gasteiger partial charge in [-0.2, -0.15) is 0 Å². The topological polar surface area (TPSA) is 65.2 Å². The number of ether oxygens (including phenoxy) is 1. The number of anilines is 1. The summed E-state index contributed by atoms with van der Waals surface area (Å²) in [7, 11) is -1.10. The molecule has 0 amide bonds. The Hall–Kier alpha value is -0.940. The van der Waals surface area contributed by atoms with Crippen LogP contribution in [0.2, 0.25) is 0 Å². The summed E-state index contributed by atoms with van der Waals surface area (Å²) in [5, 5.41) is 0.504. The zero-order chi connectivity index (χ0) is 10.7. The van der Waals surface area contributed by atoms with Crippen LogP contribution in [0.25, 0.3) is 0 Å². The molecule has 1 aliphatic heterocycles. The summed E-state index contributed by atoms with van der Waals surface area (Å²) in [6.45, 7) is 1.48. The summed E-state index contributed by atoms with van der Waals surface area (Å²) in [6, 6.07) is 3.47. The van der Waals surface area contributed by atoms with E-state index in [-0.39, 0.29) is 0 Å².